The van der Waals surface area contributed by atoms with Gasteiger partial charge in [-0.3, -0.25) is 4.99 Å². The van der Waals surface area contributed by atoms with E-state index in [0.29, 0.717) is 19.8 Å². The number of thiazole rings is 1. The number of methoxy groups -OCH3 is 1. The number of nitrogens with one attached hydrogen (secondary N) is 2. The Kier molecular flexibility index (Phi) is 14.8. The Morgan fingerprint density at radius 2 is 2.13 bits per heavy atom. The monoisotopic (exact) mass is 456 g/mol. The third-order valence-corrected chi connectivity index (χ3v) is 3.77. The number of halogens is 1. The third kappa shape index (κ3) is 11.7. The highest BCUT2D eigenvalue weighted by molar-refractivity contribution is 14.0. The molecular weight excluding hydrogens is 427 g/mol. The summed E-state index contributed by atoms with van der Waals surface area (Å²) in [5, 5.41) is 7.74. The van der Waals surface area contributed by atoms with Crippen LogP contribution in [0.3, 0.4) is 0 Å². The van der Waals surface area contributed by atoms with E-state index >= 15 is 0 Å². The average Bonchev–Trinajstić information content (AvgIpc) is 2.92. The van der Waals surface area contributed by atoms with Crippen LogP contribution in [0, 0.1) is 6.92 Å². The number of guanidine groups is 1. The highest BCUT2D eigenvalue weighted by atomic mass is 127. The van der Waals surface area contributed by atoms with Crippen molar-refractivity contribution in [3.05, 3.63) is 16.1 Å². The number of aromatic nitrogens is 1. The smallest absolute Gasteiger partial charge is 0.191 e. The number of rotatable bonds is 11. The molecule has 0 unspecified atom stereocenters. The molecule has 0 saturated heterocycles. The molecule has 1 aromatic rings. The molecule has 0 bridgehead atoms. The lowest BCUT2D eigenvalue weighted by atomic mass is 10.4. The molecule has 0 spiro atoms. The van der Waals surface area contributed by atoms with Gasteiger partial charge in [-0.15, -0.1) is 35.3 Å². The standard InChI is InChI=1S/C15H28N4O2S.HI/c1-4-16-15(17-7-5-9-21-11-10-20-3)18-8-6-14-19-12-13(2)22-14;/h12H,4-11H2,1-3H3,(H2,16,17,18);1H. The van der Waals surface area contributed by atoms with Crippen molar-refractivity contribution in [3.63, 3.8) is 0 Å². The van der Waals surface area contributed by atoms with Gasteiger partial charge in [0.2, 0.25) is 0 Å². The molecule has 23 heavy (non-hydrogen) atoms. The van der Waals surface area contributed by atoms with Gasteiger partial charge in [-0.1, -0.05) is 0 Å². The van der Waals surface area contributed by atoms with E-state index in [2.05, 4.69) is 34.5 Å². The molecule has 0 aromatic carbocycles. The summed E-state index contributed by atoms with van der Waals surface area (Å²) in [5.74, 6) is 0.854. The largest absolute Gasteiger partial charge is 0.382 e. The van der Waals surface area contributed by atoms with Crippen LogP contribution in [-0.2, 0) is 15.9 Å². The Bertz CT molecular complexity index is 429. The van der Waals surface area contributed by atoms with Gasteiger partial charge in [-0.2, -0.15) is 0 Å². The fourth-order valence-corrected chi connectivity index (χ4v) is 2.53. The third-order valence-electron chi connectivity index (χ3n) is 2.79. The van der Waals surface area contributed by atoms with Crippen LogP contribution in [0.2, 0.25) is 0 Å². The summed E-state index contributed by atoms with van der Waals surface area (Å²) < 4.78 is 10.3. The van der Waals surface area contributed by atoms with E-state index in [-0.39, 0.29) is 24.0 Å². The number of hydrogen-bond acceptors (Lipinski definition) is 5. The summed E-state index contributed by atoms with van der Waals surface area (Å²) in [6.45, 7) is 8.58. The quantitative estimate of drug-likeness (QED) is 0.231. The first-order chi connectivity index (χ1) is 10.8. The van der Waals surface area contributed by atoms with E-state index < -0.39 is 0 Å². The number of aliphatic imine (C=N–C) groups is 1. The van der Waals surface area contributed by atoms with Crippen LogP contribution >= 0.6 is 35.3 Å². The van der Waals surface area contributed by atoms with E-state index in [1.54, 1.807) is 18.4 Å². The second kappa shape index (κ2) is 15.1. The fraction of sp³-hybridized carbons (Fsp3) is 0.733. The van der Waals surface area contributed by atoms with Crippen LogP contribution in [0.25, 0.3) is 0 Å². The van der Waals surface area contributed by atoms with Gasteiger partial charge in [0.25, 0.3) is 0 Å². The molecule has 8 heteroatoms. The minimum absolute atomic E-state index is 0. The van der Waals surface area contributed by atoms with Gasteiger partial charge in [-0.25, -0.2) is 4.98 Å². The lowest BCUT2D eigenvalue weighted by molar-refractivity contribution is 0.0702. The second-order valence-electron chi connectivity index (χ2n) is 4.76. The number of aryl methyl sites for hydroxylation is 1. The van der Waals surface area contributed by atoms with Gasteiger partial charge in [-0.05, 0) is 20.3 Å². The van der Waals surface area contributed by atoms with Crippen molar-refractivity contribution in [2.24, 2.45) is 4.99 Å². The van der Waals surface area contributed by atoms with Crippen LogP contribution in [0.1, 0.15) is 23.2 Å². The predicted molar refractivity (Wildman–Crippen MR) is 107 cm³/mol. The van der Waals surface area contributed by atoms with E-state index in [1.165, 1.54) is 4.88 Å². The zero-order valence-electron chi connectivity index (χ0n) is 14.3. The summed E-state index contributed by atoms with van der Waals surface area (Å²) in [7, 11) is 1.68. The Labute approximate surface area is 160 Å². The van der Waals surface area contributed by atoms with Crippen molar-refractivity contribution in [2.75, 3.05) is 46.6 Å². The first-order valence-corrected chi connectivity index (χ1v) is 8.58. The van der Waals surface area contributed by atoms with Gasteiger partial charge in [0.05, 0.1) is 18.2 Å². The molecule has 6 nitrogen and oxygen atoms in total. The normalized spacial score (nSPS) is 11.2. The summed E-state index contributed by atoms with van der Waals surface area (Å²) in [6, 6.07) is 0. The topological polar surface area (TPSA) is 67.8 Å². The van der Waals surface area contributed by atoms with Crippen molar-refractivity contribution in [1.29, 1.82) is 0 Å². The molecule has 0 fully saturated rings. The van der Waals surface area contributed by atoms with Crippen LogP contribution in [0.5, 0.6) is 0 Å². The maximum atomic E-state index is 5.42. The predicted octanol–water partition coefficient (Wildman–Crippen LogP) is 2.22. The highest BCUT2D eigenvalue weighted by Crippen LogP contribution is 2.10. The Morgan fingerprint density at radius 3 is 2.78 bits per heavy atom. The van der Waals surface area contributed by atoms with Crippen molar-refractivity contribution < 1.29 is 9.47 Å². The molecule has 0 atom stereocenters. The van der Waals surface area contributed by atoms with E-state index in [9.17, 15) is 0 Å². The lowest BCUT2D eigenvalue weighted by Gasteiger charge is -2.10. The number of hydrogen-bond donors (Lipinski definition) is 2. The summed E-state index contributed by atoms with van der Waals surface area (Å²) in [5.41, 5.74) is 0. The molecule has 0 amide bonds. The molecule has 0 saturated carbocycles. The molecule has 134 valence electrons. The van der Waals surface area contributed by atoms with Crippen molar-refractivity contribution in [3.8, 4) is 0 Å². The molecule has 2 N–H and O–H groups in total. The van der Waals surface area contributed by atoms with E-state index in [1.807, 2.05) is 6.20 Å². The summed E-state index contributed by atoms with van der Waals surface area (Å²) >= 11 is 1.75. The SMILES string of the molecule is CCNC(=NCCCOCCOC)NCCc1ncc(C)s1.I. The molecular formula is C15H29IN4O2S. The average molecular weight is 456 g/mol. The maximum Gasteiger partial charge on any atom is 0.191 e. The zero-order valence-corrected chi connectivity index (χ0v) is 17.4. The van der Waals surface area contributed by atoms with Crippen LogP contribution in [-0.4, -0.2) is 57.5 Å². The van der Waals surface area contributed by atoms with Crippen LogP contribution in [0.4, 0.5) is 0 Å². The molecule has 0 aliphatic rings. The van der Waals surface area contributed by atoms with Crippen molar-refractivity contribution in [2.45, 2.75) is 26.7 Å². The number of ether oxygens (including phenoxy) is 2. The first kappa shape index (κ1) is 22.6. The molecule has 1 heterocycles. The van der Waals surface area contributed by atoms with Crippen LogP contribution < -0.4 is 10.6 Å². The Balaban J connectivity index is 0.00000484. The Hall–Kier alpha value is -0.450. The van der Waals surface area contributed by atoms with Crippen molar-refractivity contribution in [1.82, 2.24) is 15.6 Å². The van der Waals surface area contributed by atoms with E-state index in [0.717, 1.165) is 43.4 Å². The summed E-state index contributed by atoms with van der Waals surface area (Å²) in [4.78, 5) is 10.1. The molecule has 1 rings (SSSR count). The molecule has 0 aliphatic carbocycles. The minimum Gasteiger partial charge on any atom is -0.382 e. The molecule has 1 aromatic heterocycles. The van der Waals surface area contributed by atoms with Gasteiger partial charge in [0, 0.05) is 50.8 Å². The van der Waals surface area contributed by atoms with Gasteiger partial charge in [0.15, 0.2) is 5.96 Å². The van der Waals surface area contributed by atoms with Gasteiger partial charge < -0.3 is 20.1 Å². The molecule has 0 radical (unpaired) electrons. The fourth-order valence-electron chi connectivity index (χ4n) is 1.75. The highest BCUT2D eigenvalue weighted by Gasteiger charge is 2.00. The Morgan fingerprint density at radius 1 is 1.30 bits per heavy atom. The summed E-state index contributed by atoms with van der Waals surface area (Å²) in [6.07, 6.45) is 3.75. The van der Waals surface area contributed by atoms with E-state index in [4.69, 9.17) is 9.47 Å². The minimum atomic E-state index is 0. The zero-order chi connectivity index (χ0) is 16.0. The maximum absolute atomic E-state index is 5.42. The molecule has 0 aliphatic heterocycles. The van der Waals surface area contributed by atoms with Gasteiger partial charge >= 0.3 is 0 Å². The van der Waals surface area contributed by atoms with Crippen LogP contribution in [0.15, 0.2) is 11.2 Å². The first-order valence-electron chi connectivity index (χ1n) is 7.76. The van der Waals surface area contributed by atoms with Gasteiger partial charge in [0.1, 0.15) is 0 Å². The second-order valence-corrected chi connectivity index (χ2v) is 6.08. The lowest BCUT2D eigenvalue weighted by Crippen LogP contribution is -2.38. The van der Waals surface area contributed by atoms with Crippen molar-refractivity contribution >= 4 is 41.3 Å². The number of nitrogens with zero attached hydrogens (tertiary/aromatic N) is 2.